The molecule has 16 nitrogen and oxygen atoms in total. The number of ether oxygens (including phenoxy) is 6. The Morgan fingerprint density at radius 2 is 1.57 bits per heavy atom. The molecule has 0 aliphatic carbocycles. The Morgan fingerprint density at radius 1 is 0.935 bits per heavy atom. The maximum atomic E-state index is 13.6. The number of benzene rings is 1. The van der Waals surface area contributed by atoms with Crippen molar-refractivity contribution in [2.45, 2.75) is 88.6 Å². The summed E-state index contributed by atoms with van der Waals surface area (Å²) in [5, 5.41) is -0.0825. The number of para-hydroxylation sites is 2. The number of carbonyl (C=O) groups excluding carboxylic acids is 7. The number of hydrogen-bond acceptors (Lipinski definition) is 16. The van der Waals surface area contributed by atoms with Gasteiger partial charge in [-0.25, -0.2) is 9.78 Å². The van der Waals surface area contributed by atoms with E-state index in [1.807, 2.05) is 0 Å². The Morgan fingerprint density at radius 3 is 2.09 bits per heavy atom. The summed E-state index contributed by atoms with van der Waals surface area (Å²) < 4.78 is 38.9. The second-order valence-corrected chi connectivity index (χ2v) is 11.4. The maximum absolute atomic E-state index is 13.6. The molecule has 1 aromatic heterocycles. The second-order valence-electron chi connectivity index (χ2n) is 10.2. The fourth-order valence-corrected chi connectivity index (χ4v) is 6.19. The minimum absolute atomic E-state index is 0.0825. The first-order valence-electron chi connectivity index (χ1n) is 13.8. The molecule has 1 fully saturated rings. The van der Waals surface area contributed by atoms with Crippen molar-refractivity contribution in [2.24, 2.45) is 0 Å². The van der Waals surface area contributed by atoms with E-state index in [1.165, 1.54) is 0 Å². The molecule has 0 unspecified atom stereocenters. The minimum Gasteiger partial charge on any atom is -0.466 e. The van der Waals surface area contributed by atoms with Crippen molar-refractivity contribution in [2.75, 3.05) is 13.7 Å². The van der Waals surface area contributed by atoms with Gasteiger partial charge in [-0.2, -0.15) is 0 Å². The maximum Gasteiger partial charge on any atom is 0.349 e. The van der Waals surface area contributed by atoms with Gasteiger partial charge in [-0.3, -0.25) is 33.7 Å². The Hall–Kier alpha value is -4.51. The van der Waals surface area contributed by atoms with Crippen molar-refractivity contribution < 1.29 is 66.4 Å². The lowest BCUT2D eigenvalue weighted by Gasteiger charge is -2.50. The van der Waals surface area contributed by atoms with E-state index in [9.17, 15) is 33.6 Å². The number of esters is 5. The Labute approximate surface area is 267 Å². The summed E-state index contributed by atoms with van der Waals surface area (Å²) in [4.78, 5) is 91.3. The van der Waals surface area contributed by atoms with Crippen LogP contribution in [0.5, 0.6) is 0 Å². The van der Waals surface area contributed by atoms with Gasteiger partial charge in [0.15, 0.2) is 17.8 Å². The number of amides is 2. The molecule has 1 saturated heterocycles. The third kappa shape index (κ3) is 8.60. The van der Waals surface area contributed by atoms with Crippen molar-refractivity contribution in [3.63, 3.8) is 0 Å². The van der Waals surface area contributed by atoms with E-state index < -0.39 is 90.1 Å². The molecule has 0 radical (unpaired) electrons. The van der Waals surface area contributed by atoms with Crippen LogP contribution in [-0.4, -0.2) is 101 Å². The lowest BCUT2D eigenvalue weighted by molar-refractivity contribution is -0.233. The predicted octanol–water partition coefficient (Wildman–Crippen LogP) is 1.70. The molecule has 46 heavy (non-hydrogen) atoms. The van der Waals surface area contributed by atoms with Crippen LogP contribution < -0.4 is 0 Å². The average molecular weight is 667 g/mol. The van der Waals surface area contributed by atoms with Gasteiger partial charge in [0.25, 0.3) is 5.22 Å². The van der Waals surface area contributed by atoms with Gasteiger partial charge in [0.1, 0.15) is 30.4 Å². The van der Waals surface area contributed by atoms with E-state index in [-0.39, 0.29) is 5.22 Å². The number of thioether (sulfide) groups is 1. The highest BCUT2D eigenvalue weighted by Gasteiger charge is 2.61. The molecule has 3 rings (SSSR count). The number of methoxy groups -OCH3 is 1. The molecule has 0 bridgehead atoms. The van der Waals surface area contributed by atoms with E-state index in [0.717, 1.165) is 48.7 Å². The molecule has 2 heterocycles. The molecule has 2 amide bonds. The third-order valence-corrected chi connectivity index (χ3v) is 7.70. The summed E-state index contributed by atoms with van der Waals surface area (Å²) in [5.74, 6) is -6.20. The number of nitrogens with zero attached hydrogens (tertiary/aromatic N) is 2. The molecule has 0 saturated carbocycles. The number of imide groups is 1. The van der Waals surface area contributed by atoms with Crippen LogP contribution in [0.1, 0.15) is 48.0 Å². The fraction of sp³-hybridized carbons (Fsp3) is 0.517. The zero-order valence-electron chi connectivity index (χ0n) is 26.1. The third-order valence-electron chi connectivity index (χ3n) is 6.59. The van der Waals surface area contributed by atoms with Crippen molar-refractivity contribution in [3.05, 3.63) is 24.3 Å². The van der Waals surface area contributed by atoms with E-state index in [4.69, 9.17) is 32.8 Å². The van der Waals surface area contributed by atoms with Crippen molar-refractivity contribution >= 4 is 64.5 Å². The lowest BCUT2D eigenvalue weighted by atomic mass is 9.88. The summed E-state index contributed by atoms with van der Waals surface area (Å²) in [6, 6.07) is 5.12. The van der Waals surface area contributed by atoms with E-state index in [1.54, 1.807) is 24.3 Å². The molecule has 1 aliphatic rings. The molecule has 1 aromatic carbocycles. The second kappa shape index (κ2) is 15.2. The number of rotatable bonds is 11. The molecule has 0 spiro atoms. The summed E-state index contributed by atoms with van der Waals surface area (Å²) >= 11 is 0.628. The van der Waals surface area contributed by atoms with Crippen LogP contribution in [0.3, 0.4) is 0 Å². The lowest BCUT2D eigenvalue weighted by Crippen LogP contribution is -2.69. The molecule has 250 valence electrons. The number of carbonyl (C=O) groups is 7. The zero-order chi connectivity index (χ0) is 34.3. The minimum atomic E-state index is -2.20. The van der Waals surface area contributed by atoms with Crippen LogP contribution in [0.15, 0.2) is 33.9 Å². The summed E-state index contributed by atoms with van der Waals surface area (Å²) in [7, 11) is 1.06. The monoisotopic (exact) mass is 666 g/mol. The Balaban J connectivity index is 2.32. The van der Waals surface area contributed by atoms with Gasteiger partial charge in [-0.15, -0.1) is 0 Å². The Bertz CT molecular complexity index is 1460. The van der Waals surface area contributed by atoms with Gasteiger partial charge in [0, 0.05) is 48.0 Å². The van der Waals surface area contributed by atoms with Crippen LogP contribution in [0.2, 0.25) is 0 Å². The number of hydrogen-bond donors (Lipinski definition) is 0. The number of aromatic nitrogens is 1. The predicted molar refractivity (Wildman–Crippen MR) is 154 cm³/mol. The van der Waals surface area contributed by atoms with Crippen molar-refractivity contribution in [1.82, 2.24) is 9.88 Å². The highest BCUT2D eigenvalue weighted by Crippen LogP contribution is 2.47. The average Bonchev–Trinajstić information content (AvgIpc) is 3.35. The first-order valence-corrected chi connectivity index (χ1v) is 14.7. The van der Waals surface area contributed by atoms with Crippen LogP contribution in [-0.2, 0) is 62.0 Å². The summed E-state index contributed by atoms with van der Waals surface area (Å²) in [5.41, 5.74) is 0.792. The number of fused-ring (bicyclic) bond motifs is 1. The smallest absolute Gasteiger partial charge is 0.349 e. The van der Waals surface area contributed by atoms with Gasteiger partial charge in [-0.1, -0.05) is 12.1 Å². The quantitative estimate of drug-likeness (QED) is 0.247. The van der Waals surface area contributed by atoms with Gasteiger partial charge < -0.3 is 32.8 Å². The molecule has 6 atom stereocenters. The van der Waals surface area contributed by atoms with Crippen molar-refractivity contribution in [3.8, 4) is 0 Å². The van der Waals surface area contributed by atoms with Crippen LogP contribution in [0.25, 0.3) is 11.1 Å². The normalized spacial score (nSPS) is 22.1. The van der Waals surface area contributed by atoms with Gasteiger partial charge in [0.2, 0.25) is 16.7 Å². The summed E-state index contributed by atoms with van der Waals surface area (Å²) in [6.45, 7) is 5.62. The molecular weight excluding hydrogens is 632 g/mol. The molecule has 1 aliphatic heterocycles. The summed E-state index contributed by atoms with van der Waals surface area (Å²) in [6.07, 6.45) is -7.22. The van der Waals surface area contributed by atoms with Gasteiger partial charge in [0.05, 0.1) is 7.11 Å². The zero-order valence-corrected chi connectivity index (χ0v) is 26.9. The van der Waals surface area contributed by atoms with E-state index >= 15 is 0 Å². The van der Waals surface area contributed by atoms with Crippen LogP contribution >= 0.6 is 11.8 Å². The largest absolute Gasteiger partial charge is 0.466 e. The Kier molecular flexibility index (Phi) is 11.9. The molecular formula is C29H34N2O14S. The highest BCUT2D eigenvalue weighted by molar-refractivity contribution is 8.01. The van der Waals surface area contributed by atoms with E-state index in [0.29, 0.717) is 27.8 Å². The van der Waals surface area contributed by atoms with E-state index in [2.05, 4.69) is 4.98 Å². The van der Waals surface area contributed by atoms with Gasteiger partial charge in [-0.05, 0) is 23.9 Å². The first kappa shape index (κ1) is 36.0. The first-order chi connectivity index (χ1) is 21.6. The molecule has 17 heteroatoms. The van der Waals surface area contributed by atoms with Gasteiger partial charge >= 0.3 is 29.8 Å². The van der Waals surface area contributed by atoms with Crippen LogP contribution in [0.4, 0.5) is 0 Å². The SMILES string of the molecule is COC(=O)[C@@]1(Sc2nc3ccccc3o2)C[C@H](OC(C)=O)[C@@H](N(C(C)=O)C(C)=O)[C@H]([C@@H](OC(C)=O)[C@@H](COC(C)=O)OC(C)=O)O1. The number of oxazole rings is 1. The van der Waals surface area contributed by atoms with Crippen molar-refractivity contribution in [1.29, 1.82) is 0 Å². The standard InChI is InChI=1S/C29H34N2O14S/c1-14(32)31(15(2)33)24-22(41-17(4)35)12-29(27(38)39-7,46-28-30-20-10-8-9-11-21(20)44-28)45-26(24)25(43-19(6)37)23(42-18(5)36)13-40-16(3)34/h8-11,22-26H,12-13H2,1-7H3/t22-,23+,24+,25-,26+,29-/m0/s1. The van der Waals surface area contributed by atoms with Crippen LogP contribution in [0, 0.1) is 0 Å². The molecule has 0 N–H and O–H groups in total. The fourth-order valence-electron chi connectivity index (χ4n) is 5.06. The highest BCUT2D eigenvalue weighted by atomic mass is 32.2. The topological polar surface area (TPSA) is 204 Å². The molecule has 2 aromatic rings.